The number of nitrogens with zero attached hydrogens (tertiary/aromatic N) is 5. The highest BCUT2D eigenvalue weighted by Crippen LogP contribution is 2.44. The molecule has 2 fully saturated rings. The predicted octanol–water partition coefficient (Wildman–Crippen LogP) is 2.79. The summed E-state index contributed by atoms with van der Waals surface area (Å²) in [5, 5.41) is 14.3. The summed E-state index contributed by atoms with van der Waals surface area (Å²) in [6.07, 6.45) is 7.82. The Morgan fingerprint density at radius 1 is 1.26 bits per heavy atom. The smallest absolute Gasteiger partial charge is 0.269 e. The molecular weight excluding hydrogens is 444 g/mol. The van der Waals surface area contributed by atoms with Crippen LogP contribution in [0, 0.1) is 11.8 Å². The summed E-state index contributed by atoms with van der Waals surface area (Å²) in [6.45, 7) is 0.234. The molecule has 2 saturated carbocycles. The fourth-order valence-electron chi connectivity index (χ4n) is 4.72. The summed E-state index contributed by atoms with van der Waals surface area (Å²) in [6, 6.07) is 3.31. The number of alkyl halides is 2. The molecule has 0 saturated heterocycles. The van der Waals surface area contributed by atoms with Crippen LogP contribution in [0.4, 0.5) is 8.78 Å². The van der Waals surface area contributed by atoms with Crippen molar-refractivity contribution in [3.63, 3.8) is 0 Å². The van der Waals surface area contributed by atoms with Gasteiger partial charge in [0.1, 0.15) is 5.69 Å². The molecule has 3 heterocycles. The molecule has 11 heteroatoms. The third kappa shape index (κ3) is 4.64. The summed E-state index contributed by atoms with van der Waals surface area (Å²) >= 11 is 0. The van der Waals surface area contributed by atoms with Gasteiger partial charge in [-0.25, -0.2) is 18.3 Å². The Balaban J connectivity index is 1.26. The van der Waals surface area contributed by atoms with Crippen molar-refractivity contribution in [2.75, 3.05) is 0 Å². The second-order valence-corrected chi connectivity index (χ2v) is 9.42. The maximum absolute atomic E-state index is 13.1. The van der Waals surface area contributed by atoms with Crippen molar-refractivity contribution in [2.24, 2.45) is 18.9 Å². The van der Waals surface area contributed by atoms with Gasteiger partial charge in [0.2, 0.25) is 11.8 Å². The second kappa shape index (κ2) is 8.77. The number of imidazole rings is 1. The van der Waals surface area contributed by atoms with E-state index in [1.807, 2.05) is 6.07 Å². The SMILES string of the molecule is Cn1nccc1C(=O)NCc1cn2ncc(C(NC(=O)CC3CC(F)(F)C3)C3CCC3)cc2n1. The molecule has 34 heavy (non-hydrogen) atoms. The number of rotatable bonds is 8. The normalized spacial score (nSPS) is 18.8. The van der Waals surface area contributed by atoms with Gasteiger partial charge in [-0.05, 0) is 42.4 Å². The van der Waals surface area contributed by atoms with Gasteiger partial charge in [-0.3, -0.25) is 14.3 Å². The van der Waals surface area contributed by atoms with Crippen LogP contribution in [0.25, 0.3) is 5.65 Å². The van der Waals surface area contributed by atoms with Crippen LogP contribution in [0.5, 0.6) is 0 Å². The fourth-order valence-corrected chi connectivity index (χ4v) is 4.72. The van der Waals surface area contributed by atoms with Crippen LogP contribution >= 0.6 is 0 Å². The molecule has 2 amide bonds. The minimum absolute atomic E-state index is 0.123. The third-order valence-corrected chi connectivity index (χ3v) is 6.82. The molecule has 3 aromatic rings. The van der Waals surface area contributed by atoms with Crippen molar-refractivity contribution in [3.05, 3.63) is 47.7 Å². The number of halogens is 2. The van der Waals surface area contributed by atoms with E-state index in [0.29, 0.717) is 23.0 Å². The molecule has 2 aliphatic carbocycles. The minimum atomic E-state index is -2.62. The topological polar surface area (TPSA) is 106 Å². The maximum Gasteiger partial charge on any atom is 0.269 e. The molecule has 3 aromatic heterocycles. The van der Waals surface area contributed by atoms with Crippen LogP contribution < -0.4 is 10.6 Å². The van der Waals surface area contributed by atoms with E-state index in [0.717, 1.165) is 24.8 Å². The van der Waals surface area contributed by atoms with Crippen molar-refractivity contribution < 1.29 is 18.4 Å². The number of amides is 2. The Bertz CT molecular complexity index is 1210. The van der Waals surface area contributed by atoms with E-state index >= 15 is 0 Å². The van der Waals surface area contributed by atoms with Gasteiger partial charge in [-0.1, -0.05) is 6.42 Å². The van der Waals surface area contributed by atoms with E-state index in [9.17, 15) is 18.4 Å². The summed E-state index contributed by atoms with van der Waals surface area (Å²) in [4.78, 5) is 29.5. The predicted molar refractivity (Wildman–Crippen MR) is 118 cm³/mol. The van der Waals surface area contributed by atoms with E-state index < -0.39 is 5.92 Å². The number of fused-ring (bicyclic) bond motifs is 1. The van der Waals surface area contributed by atoms with Crippen molar-refractivity contribution in [2.45, 2.75) is 57.0 Å². The lowest BCUT2D eigenvalue weighted by Crippen LogP contribution is -2.41. The van der Waals surface area contributed by atoms with Crippen LogP contribution in [-0.2, 0) is 18.4 Å². The Kier molecular flexibility index (Phi) is 5.78. The van der Waals surface area contributed by atoms with Gasteiger partial charge < -0.3 is 10.6 Å². The highest BCUT2D eigenvalue weighted by Gasteiger charge is 2.46. The highest BCUT2D eigenvalue weighted by atomic mass is 19.3. The van der Waals surface area contributed by atoms with Crippen molar-refractivity contribution in [3.8, 4) is 0 Å². The lowest BCUT2D eigenvalue weighted by molar-refractivity contribution is -0.134. The van der Waals surface area contributed by atoms with Crippen LogP contribution in [0.2, 0.25) is 0 Å². The highest BCUT2D eigenvalue weighted by molar-refractivity contribution is 5.92. The van der Waals surface area contributed by atoms with E-state index in [1.165, 1.54) is 4.68 Å². The zero-order valence-electron chi connectivity index (χ0n) is 18.9. The van der Waals surface area contributed by atoms with E-state index in [-0.39, 0.29) is 49.6 Å². The van der Waals surface area contributed by atoms with Crippen LogP contribution in [-0.4, -0.2) is 42.1 Å². The summed E-state index contributed by atoms with van der Waals surface area (Å²) < 4.78 is 29.4. The minimum Gasteiger partial charge on any atom is -0.349 e. The molecule has 2 aliphatic rings. The molecule has 0 aliphatic heterocycles. The fraction of sp³-hybridized carbons (Fsp3) is 0.522. The summed E-state index contributed by atoms with van der Waals surface area (Å²) in [5.41, 5.74) is 2.56. The number of hydrogen-bond acceptors (Lipinski definition) is 5. The number of aromatic nitrogens is 5. The molecule has 0 aromatic carbocycles. The molecule has 2 N–H and O–H groups in total. The molecule has 180 valence electrons. The van der Waals surface area contributed by atoms with Gasteiger partial charge in [-0.2, -0.15) is 10.2 Å². The molecule has 0 spiro atoms. The molecule has 5 rings (SSSR count). The van der Waals surface area contributed by atoms with Gasteiger partial charge in [-0.15, -0.1) is 0 Å². The Labute approximate surface area is 194 Å². The van der Waals surface area contributed by atoms with Crippen molar-refractivity contribution in [1.82, 2.24) is 35.0 Å². The first-order valence-corrected chi connectivity index (χ1v) is 11.5. The lowest BCUT2D eigenvalue weighted by atomic mass is 9.76. The zero-order valence-corrected chi connectivity index (χ0v) is 18.9. The van der Waals surface area contributed by atoms with Crippen molar-refractivity contribution in [1.29, 1.82) is 0 Å². The average molecular weight is 472 g/mol. The first-order valence-electron chi connectivity index (χ1n) is 11.5. The van der Waals surface area contributed by atoms with Crippen LogP contribution in [0.3, 0.4) is 0 Å². The molecule has 0 radical (unpaired) electrons. The zero-order chi connectivity index (χ0) is 23.9. The Morgan fingerprint density at radius 3 is 2.71 bits per heavy atom. The van der Waals surface area contributed by atoms with Crippen molar-refractivity contribution >= 4 is 17.5 Å². The lowest BCUT2D eigenvalue weighted by Gasteiger charge is -2.37. The van der Waals surface area contributed by atoms with E-state index in [4.69, 9.17) is 0 Å². The second-order valence-electron chi connectivity index (χ2n) is 9.42. The summed E-state index contributed by atoms with van der Waals surface area (Å²) in [5.74, 6) is -3.03. The molecule has 9 nitrogen and oxygen atoms in total. The average Bonchev–Trinajstić information content (AvgIpc) is 3.33. The standard InChI is InChI=1S/C23H27F2N7O2/c1-31-18(5-6-27-31)22(34)26-12-17-13-32-19(29-17)8-16(11-28-32)21(15-3-2-4-15)30-20(33)7-14-9-23(24,25)10-14/h5-6,8,11,13-15,21H,2-4,7,9-10,12H2,1H3,(H,26,34)(H,30,33). The number of hydrogen-bond donors (Lipinski definition) is 2. The number of aryl methyl sites for hydroxylation is 1. The van der Waals surface area contributed by atoms with Gasteiger partial charge in [0, 0.05) is 32.5 Å². The first kappa shape index (κ1) is 22.4. The van der Waals surface area contributed by atoms with Gasteiger partial charge in [0.15, 0.2) is 5.65 Å². The number of carbonyl (C=O) groups is 2. The van der Waals surface area contributed by atoms with E-state index in [1.54, 1.807) is 36.2 Å². The third-order valence-electron chi connectivity index (χ3n) is 6.82. The molecule has 0 bridgehead atoms. The quantitative estimate of drug-likeness (QED) is 0.526. The number of carbonyl (C=O) groups excluding carboxylic acids is 2. The van der Waals surface area contributed by atoms with Crippen LogP contribution in [0.1, 0.15) is 66.3 Å². The monoisotopic (exact) mass is 471 g/mol. The Morgan fingerprint density at radius 2 is 2.06 bits per heavy atom. The Hall–Kier alpha value is -3.37. The largest absolute Gasteiger partial charge is 0.349 e. The van der Waals surface area contributed by atoms with Gasteiger partial charge in [0.05, 0.1) is 30.7 Å². The summed E-state index contributed by atoms with van der Waals surface area (Å²) in [7, 11) is 1.70. The molecule has 1 atom stereocenters. The van der Waals surface area contributed by atoms with E-state index in [2.05, 4.69) is 25.8 Å². The first-order chi connectivity index (χ1) is 16.3. The molecule has 1 unspecified atom stereocenters. The number of nitrogens with one attached hydrogen (secondary N) is 2. The van der Waals surface area contributed by atoms with Gasteiger partial charge in [0.25, 0.3) is 5.91 Å². The van der Waals surface area contributed by atoms with Crippen LogP contribution in [0.15, 0.2) is 30.7 Å². The van der Waals surface area contributed by atoms with Gasteiger partial charge >= 0.3 is 0 Å². The maximum atomic E-state index is 13.1. The molecular formula is C23H27F2N7O2.